The van der Waals surface area contributed by atoms with Gasteiger partial charge in [-0.2, -0.15) is 5.10 Å². The summed E-state index contributed by atoms with van der Waals surface area (Å²) in [6, 6.07) is 9.99. The normalized spacial score (nSPS) is 12.2. The number of benzene rings is 1. The minimum Gasteiger partial charge on any atom is -0.349 e. The van der Waals surface area contributed by atoms with E-state index in [1.54, 1.807) is 0 Å². The molecule has 0 fully saturated rings. The lowest BCUT2D eigenvalue weighted by atomic mass is 10.1. The molecule has 1 N–H and O–H groups in total. The molecular weight excluding hydrogens is 250 g/mol. The summed E-state index contributed by atoms with van der Waals surface area (Å²) in [4.78, 5) is 12.2. The Bertz CT molecular complexity index is 602. The zero-order valence-electron chi connectivity index (χ0n) is 12.5. The van der Waals surface area contributed by atoms with Gasteiger partial charge in [0, 0.05) is 18.3 Å². The van der Waals surface area contributed by atoms with Crippen LogP contribution in [-0.2, 0) is 18.3 Å². The zero-order chi connectivity index (χ0) is 14.7. The number of nitrogens with zero attached hydrogens (tertiary/aromatic N) is 2. The maximum atomic E-state index is 12.2. The molecule has 2 aromatic rings. The molecule has 1 atom stereocenters. The smallest absolute Gasteiger partial charge is 0.225 e. The molecule has 1 amide bonds. The average Bonchev–Trinajstić information content (AvgIpc) is 2.66. The van der Waals surface area contributed by atoms with Gasteiger partial charge in [-0.1, -0.05) is 30.3 Å². The lowest BCUT2D eigenvalue weighted by Gasteiger charge is -2.14. The van der Waals surface area contributed by atoms with Gasteiger partial charge in [0.25, 0.3) is 0 Å². The first-order valence-corrected chi connectivity index (χ1v) is 6.82. The van der Waals surface area contributed by atoms with Crippen LogP contribution in [0.15, 0.2) is 30.3 Å². The Balaban J connectivity index is 2.03. The molecule has 1 heterocycles. The third-order valence-corrected chi connectivity index (χ3v) is 3.67. The van der Waals surface area contributed by atoms with Crippen molar-refractivity contribution in [2.24, 2.45) is 7.05 Å². The van der Waals surface area contributed by atoms with Gasteiger partial charge >= 0.3 is 0 Å². The summed E-state index contributed by atoms with van der Waals surface area (Å²) in [7, 11) is 1.90. The molecule has 1 unspecified atom stereocenters. The predicted octanol–water partition coefficient (Wildman–Crippen LogP) is 2.46. The summed E-state index contributed by atoms with van der Waals surface area (Å²) in [5.74, 6) is 0.0283. The van der Waals surface area contributed by atoms with Crippen molar-refractivity contribution in [2.45, 2.75) is 33.2 Å². The highest BCUT2D eigenvalue weighted by Gasteiger charge is 2.15. The highest BCUT2D eigenvalue weighted by atomic mass is 16.1. The van der Waals surface area contributed by atoms with Crippen LogP contribution in [0.1, 0.15) is 35.5 Å². The van der Waals surface area contributed by atoms with Crippen LogP contribution < -0.4 is 5.32 Å². The van der Waals surface area contributed by atoms with E-state index in [0.717, 1.165) is 22.5 Å². The maximum Gasteiger partial charge on any atom is 0.225 e. The second-order valence-corrected chi connectivity index (χ2v) is 5.15. The molecular formula is C16H21N3O. The van der Waals surface area contributed by atoms with Crippen molar-refractivity contribution < 1.29 is 4.79 Å². The molecule has 0 bridgehead atoms. The maximum absolute atomic E-state index is 12.2. The van der Waals surface area contributed by atoms with E-state index < -0.39 is 0 Å². The zero-order valence-corrected chi connectivity index (χ0v) is 12.5. The Morgan fingerprint density at radius 2 is 1.95 bits per heavy atom. The van der Waals surface area contributed by atoms with Crippen molar-refractivity contribution in [3.63, 3.8) is 0 Å². The van der Waals surface area contributed by atoms with Crippen LogP contribution in [0.5, 0.6) is 0 Å². The Kier molecular flexibility index (Phi) is 4.23. The summed E-state index contributed by atoms with van der Waals surface area (Å²) in [5.41, 5.74) is 4.10. The SMILES string of the molecule is Cc1nn(C)c(C)c1CC(=O)NC(C)c1ccccc1. The van der Waals surface area contributed by atoms with E-state index in [0.29, 0.717) is 6.42 Å². The fourth-order valence-corrected chi connectivity index (χ4v) is 2.35. The number of amides is 1. The topological polar surface area (TPSA) is 46.9 Å². The molecule has 0 radical (unpaired) electrons. The van der Waals surface area contributed by atoms with E-state index in [9.17, 15) is 4.79 Å². The molecule has 1 aromatic carbocycles. The first-order valence-electron chi connectivity index (χ1n) is 6.82. The fraction of sp³-hybridized carbons (Fsp3) is 0.375. The van der Waals surface area contributed by atoms with Gasteiger partial charge in [0.15, 0.2) is 0 Å². The van der Waals surface area contributed by atoms with Crippen molar-refractivity contribution in [2.75, 3.05) is 0 Å². The number of hydrogen-bond donors (Lipinski definition) is 1. The van der Waals surface area contributed by atoms with Crippen LogP contribution >= 0.6 is 0 Å². The number of aromatic nitrogens is 2. The molecule has 0 saturated heterocycles. The first kappa shape index (κ1) is 14.3. The number of hydrogen-bond acceptors (Lipinski definition) is 2. The number of nitrogens with one attached hydrogen (secondary N) is 1. The summed E-state index contributed by atoms with van der Waals surface area (Å²) in [5, 5.41) is 7.37. The van der Waals surface area contributed by atoms with Crippen LogP contribution in [0, 0.1) is 13.8 Å². The lowest BCUT2D eigenvalue weighted by molar-refractivity contribution is -0.121. The molecule has 106 valence electrons. The summed E-state index contributed by atoms with van der Waals surface area (Å²) in [6.07, 6.45) is 0.378. The second kappa shape index (κ2) is 5.90. The molecule has 0 saturated carbocycles. The van der Waals surface area contributed by atoms with Gasteiger partial charge in [0.2, 0.25) is 5.91 Å². The van der Waals surface area contributed by atoms with Gasteiger partial charge in [-0.3, -0.25) is 9.48 Å². The Hall–Kier alpha value is -2.10. The Labute approximate surface area is 119 Å². The Morgan fingerprint density at radius 1 is 1.30 bits per heavy atom. The summed E-state index contributed by atoms with van der Waals surface area (Å²) < 4.78 is 1.82. The van der Waals surface area contributed by atoms with Crippen LogP contribution in [0.3, 0.4) is 0 Å². The number of carbonyl (C=O) groups excluding carboxylic acids is 1. The highest BCUT2D eigenvalue weighted by molar-refractivity contribution is 5.79. The molecule has 0 spiro atoms. The minimum atomic E-state index is 0.0148. The van der Waals surface area contributed by atoms with E-state index in [-0.39, 0.29) is 11.9 Å². The van der Waals surface area contributed by atoms with Gasteiger partial charge in [0.05, 0.1) is 18.2 Å². The van der Waals surface area contributed by atoms with Crippen molar-refractivity contribution in [1.29, 1.82) is 0 Å². The molecule has 0 aliphatic heterocycles. The van der Waals surface area contributed by atoms with Crippen LogP contribution in [0.4, 0.5) is 0 Å². The lowest BCUT2D eigenvalue weighted by Crippen LogP contribution is -2.28. The standard InChI is InChI=1S/C16H21N3O/c1-11(14-8-6-5-7-9-14)17-16(20)10-15-12(2)18-19(4)13(15)3/h5-9,11H,10H2,1-4H3,(H,17,20). The van der Waals surface area contributed by atoms with Gasteiger partial charge in [-0.05, 0) is 26.3 Å². The van der Waals surface area contributed by atoms with Crippen LogP contribution in [0.25, 0.3) is 0 Å². The largest absolute Gasteiger partial charge is 0.349 e. The molecule has 0 aliphatic rings. The number of carbonyl (C=O) groups is 1. The van der Waals surface area contributed by atoms with Crippen molar-refractivity contribution >= 4 is 5.91 Å². The van der Waals surface area contributed by atoms with Crippen LogP contribution in [0.2, 0.25) is 0 Å². The van der Waals surface area contributed by atoms with E-state index in [1.165, 1.54) is 0 Å². The van der Waals surface area contributed by atoms with Gasteiger partial charge in [0.1, 0.15) is 0 Å². The minimum absolute atomic E-state index is 0.0148. The van der Waals surface area contributed by atoms with E-state index >= 15 is 0 Å². The van der Waals surface area contributed by atoms with Gasteiger partial charge in [-0.15, -0.1) is 0 Å². The van der Waals surface area contributed by atoms with E-state index in [4.69, 9.17) is 0 Å². The summed E-state index contributed by atoms with van der Waals surface area (Å²) >= 11 is 0. The second-order valence-electron chi connectivity index (χ2n) is 5.15. The third kappa shape index (κ3) is 3.07. The number of aryl methyl sites for hydroxylation is 2. The molecule has 4 nitrogen and oxygen atoms in total. The summed E-state index contributed by atoms with van der Waals surface area (Å²) in [6.45, 7) is 5.93. The molecule has 2 rings (SSSR count). The van der Waals surface area contributed by atoms with Crippen molar-refractivity contribution in [1.82, 2.24) is 15.1 Å². The van der Waals surface area contributed by atoms with Crippen LogP contribution in [-0.4, -0.2) is 15.7 Å². The molecule has 20 heavy (non-hydrogen) atoms. The Morgan fingerprint density at radius 3 is 2.50 bits per heavy atom. The van der Waals surface area contributed by atoms with Crippen molar-refractivity contribution in [3.8, 4) is 0 Å². The predicted molar refractivity (Wildman–Crippen MR) is 79.4 cm³/mol. The highest BCUT2D eigenvalue weighted by Crippen LogP contribution is 2.15. The monoisotopic (exact) mass is 271 g/mol. The third-order valence-electron chi connectivity index (χ3n) is 3.67. The molecule has 1 aromatic heterocycles. The quantitative estimate of drug-likeness (QED) is 0.928. The molecule has 0 aliphatic carbocycles. The molecule has 4 heteroatoms. The van der Waals surface area contributed by atoms with E-state index in [1.807, 2.05) is 62.8 Å². The fourth-order valence-electron chi connectivity index (χ4n) is 2.35. The van der Waals surface area contributed by atoms with Crippen molar-refractivity contribution in [3.05, 3.63) is 52.8 Å². The number of rotatable bonds is 4. The first-order chi connectivity index (χ1) is 9.49. The van der Waals surface area contributed by atoms with Gasteiger partial charge in [-0.25, -0.2) is 0 Å². The van der Waals surface area contributed by atoms with Gasteiger partial charge < -0.3 is 5.32 Å². The van der Waals surface area contributed by atoms with E-state index in [2.05, 4.69) is 10.4 Å². The average molecular weight is 271 g/mol.